The fraction of sp³-hybridized carbons (Fsp3) is 0.647. The van der Waals surface area contributed by atoms with E-state index in [2.05, 4.69) is 53.2 Å². The van der Waals surface area contributed by atoms with E-state index in [0.29, 0.717) is 0 Å². The summed E-state index contributed by atoms with van der Waals surface area (Å²) in [5.74, 6) is 0.940. The van der Waals surface area contributed by atoms with Crippen molar-refractivity contribution in [1.82, 2.24) is 0 Å². The number of unbranched alkanes of at least 4 members (excludes halogenated alkanes) is 2. The fourth-order valence-corrected chi connectivity index (χ4v) is 9.58. The molecule has 1 fully saturated rings. The summed E-state index contributed by atoms with van der Waals surface area (Å²) in [6.45, 7) is 2.32. The van der Waals surface area contributed by atoms with Crippen molar-refractivity contribution in [2.75, 3.05) is 5.33 Å². The van der Waals surface area contributed by atoms with E-state index in [0.717, 1.165) is 5.92 Å². The maximum absolute atomic E-state index is 3.68. The maximum Gasteiger partial charge on any atom is 0.0867 e. The molecule has 1 aliphatic rings. The molecule has 0 atom stereocenters. The van der Waals surface area contributed by atoms with E-state index in [1.54, 1.807) is 5.19 Å². The molecule has 0 N–H and O–H groups in total. The Morgan fingerprint density at radius 2 is 1.79 bits per heavy atom. The summed E-state index contributed by atoms with van der Waals surface area (Å²) in [4.78, 5) is 0. The molecule has 1 aliphatic heterocycles. The minimum absolute atomic E-state index is 0.940. The molecule has 0 saturated carbocycles. The highest BCUT2D eigenvalue weighted by Gasteiger charge is 2.37. The quantitative estimate of drug-likeness (QED) is 0.373. The van der Waals surface area contributed by atoms with Crippen LogP contribution in [0.1, 0.15) is 39.0 Å². The number of rotatable bonds is 6. The molecule has 0 amide bonds. The molecular weight excluding hydrogens is 312 g/mol. The second-order valence-electron chi connectivity index (χ2n) is 6.20. The van der Waals surface area contributed by atoms with Crippen LogP contribution in [-0.4, -0.2) is 13.4 Å². The van der Waals surface area contributed by atoms with Gasteiger partial charge in [-0.25, -0.2) is 0 Å². The van der Waals surface area contributed by atoms with Gasteiger partial charge in [0.05, 0.1) is 8.07 Å². The highest BCUT2D eigenvalue weighted by atomic mass is 79.9. The van der Waals surface area contributed by atoms with Crippen molar-refractivity contribution in [1.29, 1.82) is 0 Å². The lowest BCUT2D eigenvalue weighted by Crippen LogP contribution is -2.50. The van der Waals surface area contributed by atoms with E-state index in [-0.39, 0.29) is 0 Å². The summed E-state index contributed by atoms with van der Waals surface area (Å²) >= 11 is 3.68. The van der Waals surface area contributed by atoms with Crippen molar-refractivity contribution in [3.63, 3.8) is 0 Å². The summed E-state index contributed by atoms with van der Waals surface area (Å²) in [6.07, 6.45) is 7.14. The first-order valence-corrected chi connectivity index (χ1v) is 11.7. The Morgan fingerprint density at radius 1 is 1.11 bits per heavy atom. The summed E-state index contributed by atoms with van der Waals surface area (Å²) in [7, 11) is -1.17. The van der Waals surface area contributed by atoms with Gasteiger partial charge in [0.15, 0.2) is 0 Å². The van der Waals surface area contributed by atoms with Crippen LogP contribution in [0.2, 0.25) is 18.1 Å². The van der Waals surface area contributed by atoms with E-state index in [4.69, 9.17) is 0 Å². The monoisotopic (exact) mass is 338 g/mol. The first kappa shape index (κ1) is 15.3. The van der Waals surface area contributed by atoms with Crippen LogP contribution >= 0.6 is 15.9 Å². The van der Waals surface area contributed by atoms with Crippen molar-refractivity contribution >= 4 is 29.2 Å². The van der Waals surface area contributed by atoms with Gasteiger partial charge in [-0.15, -0.1) is 0 Å². The van der Waals surface area contributed by atoms with Gasteiger partial charge < -0.3 is 0 Å². The minimum Gasteiger partial charge on any atom is -0.0925 e. The molecule has 106 valence electrons. The molecule has 0 bridgehead atoms. The van der Waals surface area contributed by atoms with Gasteiger partial charge in [-0.1, -0.05) is 109 Å². The molecule has 2 heteroatoms. The summed E-state index contributed by atoms with van der Waals surface area (Å²) < 4.78 is 0. The first-order valence-electron chi connectivity index (χ1n) is 7.92. The third kappa shape index (κ3) is 3.95. The van der Waals surface area contributed by atoms with E-state index in [9.17, 15) is 0 Å². The molecule has 1 aromatic rings. The zero-order valence-electron chi connectivity index (χ0n) is 12.2. The van der Waals surface area contributed by atoms with Crippen molar-refractivity contribution in [3.05, 3.63) is 30.3 Å². The van der Waals surface area contributed by atoms with Crippen LogP contribution in [0, 0.1) is 5.92 Å². The Labute approximate surface area is 128 Å². The van der Waals surface area contributed by atoms with Crippen LogP contribution in [0.4, 0.5) is 0 Å². The predicted molar refractivity (Wildman–Crippen MR) is 92.3 cm³/mol. The average Bonchev–Trinajstić information content (AvgIpc) is 2.49. The molecule has 1 saturated heterocycles. The van der Waals surface area contributed by atoms with Crippen LogP contribution in [0.3, 0.4) is 0 Å². The van der Waals surface area contributed by atoms with Gasteiger partial charge in [0, 0.05) is 5.33 Å². The van der Waals surface area contributed by atoms with Crippen LogP contribution in [0.5, 0.6) is 0 Å². The molecule has 0 aromatic heterocycles. The highest BCUT2D eigenvalue weighted by molar-refractivity contribution is 9.09. The third-order valence-electron chi connectivity index (χ3n) is 4.93. The number of alkyl halides is 1. The first-order chi connectivity index (χ1) is 9.30. The third-order valence-corrected chi connectivity index (χ3v) is 11.2. The zero-order valence-corrected chi connectivity index (χ0v) is 14.8. The topological polar surface area (TPSA) is 0 Å². The smallest absolute Gasteiger partial charge is 0.0867 e. The fourth-order valence-electron chi connectivity index (χ4n) is 3.57. The van der Waals surface area contributed by atoms with Crippen molar-refractivity contribution in [2.45, 2.75) is 57.2 Å². The van der Waals surface area contributed by atoms with E-state index < -0.39 is 8.07 Å². The minimum atomic E-state index is -1.17. The molecular formula is C17H27BrSi. The normalized spacial score (nSPS) is 27.4. The molecule has 19 heavy (non-hydrogen) atoms. The van der Waals surface area contributed by atoms with Gasteiger partial charge >= 0.3 is 0 Å². The summed E-state index contributed by atoms with van der Waals surface area (Å²) in [5.41, 5.74) is 0. The van der Waals surface area contributed by atoms with Crippen LogP contribution in [-0.2, 0) is 0 Å². The Morgan fingerprint density at radius 3 is 2.37 bits per heavy atom. The van der Waals surface area contributed by atoms with Crippen molar-refractivity contribution in [3.8, 4) is 0 Å². The number of benzene rings is 1. The maximum atomic E-state index is 3.68. The lowest BCUT2D eigenvalue weighted by atomic mass is 10.1. The van der Waals surface area contributed by atoms with E-state index in [1.165, 1.54) is 55.6 Å². The molecule has 0 unspecified atom stereocenters. The average molecular weight is 339 g/mol. The molecule has 2 rings (SSSR count). The molecule has 1 heterocycles. The Kier molecular flexibility index (Phi) is 6.15. The van der Waals surface area contributed by atoms with Crippen LogP contribution in [0.25, 0.3) is 0 Å². The molecule has 0 radical (unpaired) electrons. The van der Waals surface area contributed by atoms with Gasteiger partial charge in [-0.3, -0.25) is 0 Å². The second-order valence-corrected chi connectivity index (χ2v) is 11.5. The molecule has 0 aliphatic carbocycles. The largest absolute Gasteiger partial charge is 0.0925 e. The molecule has 0 spiro atoms. The highest BCUT2D eigenvalue weighted by Crippen LogP contribution is 2.36. The Balaban J connectivity index is 2.10. The van der Waals surface area contributed by atoms with Gasteiger partial charge in [0.2, 0.25) is 0 Å². The van der Waals surface area contributed by atoms with Gasteiger partial charge in [-0.2, -0.15) is 0 Å². The standard InChI is InChI=1S/C17H27BrSi/c1-2-3-7-12-19(17-8-5-4-6-9-17)13-10-16(15-18)11-14-19/h4-6,8-9,16H,2-3,7,10-15H2,1H3. The SMILES string of the molecule is CCCCC[Si]1(c2ccccc2)CCC(CBr)CC1. The Bertz CT molecular complexity index is 349. The van der Waals surface area contributed by atoms with Gasteiger partial charge in [0.1, 0.15) is 0 Å². The lowest BCUT2D eigenvalue weighted by Gasteiger charge is -2.39. The summed E-state index contributed by atoms with van der Waals surface area (Å²) in [5, 5.41) is 2.94. The van der Waals surface area contributed by atoms with Crippen LogP contribution < -0.4 is 5.19 Å². The van der Waals surface area contributed by atoms with Crippen molar-refractivity contribution < 1.29 is 0 Å². The van der Waals surface area contributed by atoms with E-state index in [1.807, 2.05) is 0 Å². The summed E-state index contributed by atoms with van der Waals surface area (Å²) in [6, 6.07) is 16.1. The Hall–Kier alpha value is -0.0831. The van der Waals surface area contributed by atoms with Crippen molar-refractivity contribution in [2.24, 2.45) is 5.92 Å². The lowest BCUT2D eigenvalue weighted by molar-refractivity contribution is 0.522. The van der Waals surface area contributed by atoms with Gasteiger partial charge in [0.25, 0.3) is 0 Å². The molecule has 0 nitrogen and oxygen atoms in total. The second kappa shape index (κ2) is 7.63. The van der Waals surface area contributed by atoms with Gasteiger partial charge in [-0.05, 0) is 5.92 Å². The van der Waals surface area contributed by atoms with E-state index >= 15 is 0 Å². The number of halogens is 1. The predicted octanol–water partition coefficient (Wildman–Crippen LogP) is 5.34. The number of hydrogen-bond acceptors (Lipinski definition) is 0. The number of hydrogen-bond donors (Lipinski definition) is 0. The zero-order chi connectivity index (χ0) is 13.6. The van der Waals surface area contributed by atoms with Crippen LogP contribution in [0.15, 0.2) is 30.3 Å². The molecule has 1 aromatic carbocycles.